The Bertz CT molecular complexity index is 1180. The molecule has 1 aromatic heterocycles. The number of nitrogens with zero attached hydrogens (tertiary/aromatic N) is 4. The summed E-state index contributed by atoms with van der Waals surface area (Å²) in [6.07, 6.45) is 2.53. The Morgan fingerprint density at radius 1 is 0.929 bits per heavy atom. The summed E-state index contributed by atoms with van der Waals surface area (Å²) in [6.45, 7) is 3.82. The van der Waals surface area contributed by atoms with Crippen LogP contribution < -0.4 is 15.5 Å². The summed E-state index contributed by atoms with van der Waals surface area (Å²) in [5.41, 5.74) is 2.26. The number of para-hydroxylation sites is 2. The van der Waals surface area contributed by atoms with Crippen LogP contribution in [0.4, 0.5) is 4.79 Å². The SMILES string of the molecule is O=C1N=c2c(-c3ccccc3OCCN3CCCC3)nc3ccccc3c2=N1. The molecule has 1 fully saturated rings. The van der Waals surface area contributed by atoms with Gasteiger partial charge in [-0.1, -0.05) is 30.3 Å². The molecule has 3 heterocycles. The number of carbonyl (C=O) groups excluding carboxylic acids is 1. The highest BCUT2D eigenvalue weighted by atomic mass is 16.5. The first kappa shape index (κ1) is 17.0. The molecule has 1 saturated heterocycles. The van der Waals surface area contributed by atoms with Crippen molar-refractivity contribution in [1.82, 2.24) is 9.88 Å². The van der Waals surface area contributed by atoms with Crippen molar-refractivity contribution in [2.75, 3.05) is 26.2 Å². The first-order chi connectivity index (χ1) is 13.8. The van der Waals surface area contributed by atoms with Gasteiger partial charge in [0.25, 0.3) is 0 Å². The van der Waals surface area contributed by atoms with E-state index in [0.717, 1.165) is 41.9 Å². The van der Waals surface area contributed by atoms with Crippen LogP contribution >= 0.6 is 0 Å². The third-order valence-electron chi connectivity index (χ3n) is 5.26. The lowest BCUT2D eigenvalue weighted by atomic mass is 10.1. The minimum Gasteiger partial charge on any atom is -0.492 e. The highest BCUT2D eigenvalue weighted by Crippen LogP contribution is 2.27. The quantitative estimate of drug-likeness (QED) is 0.691. The van der Waals surface area contributed by atoms with Gasteiger partial charge in [0.05, 0.1) is 5.52 Å². The van der Waals surface area contributed by atoms with Gasteiger partial charge < -0.3 is 4.74 Å². The summed E-state index contributed by atoms with van der Waals surface area (Å²) in [5, 5.41) is 1.96. The largest absolute Gasteiger partial charge is 0.492 e. The minimum absolute atomic E-state index is 0.484. The summed E-state index contributed by atoms with van der Waals surface area (Å²) in [7, 11) is 0. The van der Waals surface area contributed by atoms with Gasteiger partial charge in [-0.15, -0.1) is 0 Å². The number of pyridine rings is 1. The van der Waals surface area contributed by atoms with E-state index in [-0.39, 0.29) is 0 Å². The van der Waals surface area contributed by atoms with Gasteiger partial charge in [0.1, 0.15) is 28.8 Å². The molecule has 0 saturated carbocycles. The third-order valence-corrected chi connectivity index (χ3v) is 5.26. The van der Waals surface area contributed by atoms with Crippen LogP contribution in [0.5, 0.6) is 5.75 Å². The molecule has 140 valence electrons. The second-order valence-corrected chi connectivity index (χ2v) is 7.07. The van der Waals surface area contributed by atoms with Crippen LogP contribution in [0.25, 0.3) is 22.2 Å². The number of ether oxygens (including phenoxy) is 1. The fourth-order valence-electron chi connectivity index (χ4n) is 3.89. The molecular formula is C22H20N4O2. The summed E-state index contributed by atoms with van der Waals surface area (Å²) in [4.78, 5) is 27.4. The Morgan fingerprint density at radius 2 is 1.68 bits per heavy atom. The molecule has 3 aromatic rings. The highest BCUT2D eigenvalue weighted by molar-refractivity contribution is 5.87. The van der Waals surface area contributed by atoms with Crippen molar-refractivity contribution in [1.29, 1.82) is 0 Å². The molecule has 6 nitrogen and oxygen atoms in total. The lowest BCUT2D eigenvalue weighted by Gasteiger charge is -2.16. The number of likely N-dealkylation sites (tertiary alicyclic amines) is 1. The van der Waals surface area contributed by atoms with Crippen LogP contribution in [0.2, 0.25) is 0 Å². The van der Waals surface area contributed by atoms with Crippen LogP contribution in [0, 0.1) is 0 Å². The second-order valence-electron chi connectivity index (χ2n) is 7.07. The molecule has 2 aliphatic heterocycles. The minimum atomic E-state index is -0.484. The maximum atomic E-state index is 11.9. The van der Waals surface area contributed by atoms with Gasteiger partial charge in [0.15, 0.2) is 0 Å². The number of amides is 2. The van der Waals surface area contributed by atoms with Crippen molar-refractivity contribution in [2.24, 2.45) is 9.98 Å². The van der Waals surface area contributed by atoms with Crippen molar-refractivity contribution < 1.29 is 9.53 Å². The first-order valence-electron chi connectivity index (χ1n) is 9.64. The summed E-state index contributed by atoms with van der Waals surface area (Å²) in [5.74, 6) is 0.751. The van der Waals surface area contributed by atoms with Gasteiger partial charge in [-0.2, -0.15) is 9.98 Å². The van der Waals surface area contributed by atoms with E-state index in [9.17, 15) is 4.79 Å². The average molecular weight is 372 g/mol. The summed E-state index contributed by atoms with van der Waals surface area (Å²) in [6, 6.07) is 15.0. The van der Waals surface area contributed by atoms with Crippen LogP contribution in [0.3, 0.4) is 0 Å². The fourth-order valence-corrected chi connectivity index (χ4v) is 3.89. The molecule has 28 heavy (non-hydrogen) atoms. The first-order valence-corrected chi connectivity index (χ1v) is 9.64. The molecule has 2 aromatic carbocycles. The second kappa shape index (κ2) is 7.13. The van der Waals surface area contributed by atoms with Crippen molar-refractivity contribution >= 4 is 16.9 Å². The predicted octanol–water partition coefficient (Wildman–Crippen LogP) is 2.75. The van der Waals surface area contributed by atoms with E-state index in [0.29, 0.717) is 23.0 Å². The molecule has 0 N–H and O–H groups in total. The maximum Gasteiger partial charge on any atom is 0.368 e. The number of benzene rings is 2. The predicted molar refractivity (Wildman–Crippen MR) is 106 cm³/mol. The highest BCUT2D eigenvalue weighted by Gasteiger charge is 2.18. The monoisotopic (exact) mass is 372 g/mol. The van der Waals surface area contributed by atoms with Crippen LogP contribution in [0.15, 0.2) is 58.5 Å². The number of aromatic nitrogens is 1. The maximum absolute atomic E-state index is 11.9. The smallest absolute Gasteiger partial charge is 0.368 e. The molecule has 0 bridgehead atoms. The van der Waals surface area contributed by atoms with Crippen LogP contribution in [-0.4, -0.2) is 42.2 Å². The molecule has 0 aliphatic carbocycles. The number of rotatable bonds is 5. The molecular weight excluding hydrogens is 352 g/mol. The lowest BCUT2D eigenvalue weighted by Crippen LogP contribution is -2.27. The molecule has 2 aliphatic rings. The normalized spacial score (nSPS) is 16.1. The van der Waals surface area contributed by atoms with Crippen molar-refractivity contribution in [3.63, 3.8) is 0 Å². The van der Waals surface area contributed by atoms with E-state index < -0.39 is 6.03 Å². The van der Waals surface area contributed by atoms with Crippen LogP contribution in [-0.2, 0) is 0 Å². The molecule has 5 rings (SSSR count). The Morgan fingerprint density at radius 3 is 2.57 bits per heavy atom. The van der Waals surface area contributed by atoms with Gasteiger partial charge in [-0.25, -0.2) is 9.78 Å². The molecule has 0 atom stereocenters. The third kappa shape index (κ3) is 3.05. The van der Waals surface area contributed by atoms with Crippen molar-refractivity contribution in [3.05, 3.63) is 59.2 Å². The van der Waals surface area contributed by atoms with Gasteiger partial charge in [-0.05, 0) is 44.1 Å². The number of carbonyl (C=O) groups is 1. The molecule has 6 heteroatoms. The number of urea groups is 1. The topological polar surface area (TPSA) is 67.2 Å². The Labute approximate surface area is 162 Å². The Hall–Kier alpha value is -3.12. The van der Waals surface area contributed by atoms with Crippen molar-refractivity contribution in [2.45, 2.75) is 12.8 Å². The zero-order chi connectivity index (χ0) is 18.9. The lowest BCUT2D eigenvalue weighted by molar-refractivity contribution is 0.238. The van der Waals surface area contributed by atoms with Crippen molar-refractivity contribution in [3.8, 4) is 17.0 Å². The van der Waals surface area contributed by atoms with E-state index in [2.05, 4.69) is 14.9 Å². The van der Waals surface area contributed by atoms with Gasteiger partial charge >= 0.3 is 6.03 Å². The molecule has 0 spiro atoms. The number of fused-ring (bicyclic) bond motifs is 3. The van der Waals surface area contributed by atoms with Gasteiger partial charge in [0.2, 0.25) is 0 Å². The van der Waals surface area contributed by atoms with E-state index in [4.69, 9.17) is 9.72 Å². The Balaban J connectivity index is 1.56. The van der Waals surface area contributed by atoms with E-state index in [1.165, 1.54) is 12.8 Å². The summed E-state index contributed by atoms with van der Waals surface area (Å²) >= 11 is 0. The Kier molecular flexibility index (Phi) is 4.33. The number of hydrogen-bond donors (Lipinski definition) is 0. The van der Waals surface area contributed by atoms with Gasteiger partial charge in [0, 0.05) is 17.5 Å². The molecule has 0 radical (unpaired) electrons. The standard InChI is InChI=1S/C22H20N4O2/c27-22-24-19-15-7-1-3-9-17(15)23-20(21(19)25-22)16-8-2-4-10-18(16)28-14-13-26-11-5-6-12-26/h1-4,7-10H,5-6,11-14H2. The molecule has 2 amide bonds. The number of hydrogen-bond acceptors (Lipinski definition) is 4. The zero-order valence-corrected chi connectivity index (χ0v) is 15.5. The van der Waals surface area contributed by atoms with E-state index in [1.807, 2.05) is 48.5 Å². The molecule has 0 unspecified atom stereocenters. The fraction of sp³-hybridized carbons (Fsp3) is 0.273. The zero-order valence-electron chi connectivity index (χ0n) is 15.5. The van der Waals surface area contributed by atoms with E-state index >= 15 is 0 Å². The van der Waals surface area contributed by atoms with E-state index in [1.54, 1.807) is 0 Å². The van der Waals surface area contributed by atoms with Gasteiger partial charge in [-0.3, -0.25) is 4.90 Å². The average Bonchev–Trinajstić information content (AvgIpc) is 3.37. The van der Waals surface area contributed by atoms with Crippen LogP contribution in [0.1, 0.15) is 12.8 Å². The summed E-state index contributed by atoms with van der Waals surface area (Å²) < 4.78 is 6.11.